The second-order valence-corrected chi connectivity index (χ2v) is 18.8. The number of ether oxygens (including phenoxy) is 4. The number of aliphatic carboxylic acids is 3. The summed E-state index contributed by atoms with van der Waals surface area (Å²) in [5, 5.41) is 64.2. The number of unbranched alkanes of at least 4 members (excludes halogenated alkanes) is 14. The van der Waals surface area contributed by atoms with Gasteiger partial charge in [0.1, 0.15) is 31.3 Å². The first-order valence-corrected chi connectivity index (χ1v) is 27.8. The lowest BCUT2D eigenvalue weighted by molar-refractivity contribution is -0.143. The van der Waals surface area contributed by atoms with Gasteiger partial charge in [0.2, 0.25) is 35.4 Å². The molecule has 0 aliphatic heterocycles. The summed E-state index contributed by atoms with van der Waals surface area (Å²) in [5.41, 5.74) is 0. The average Bonchev–Trinajstić information content (AvgIpc) is 3.37. The zero-order valence-electron chi connectivity index (χ0n) is 44.2. The Balaban J connectivity index is 3.90. The molecule has 12 N–H and O–H groups in total. The van der Waals surface area contributed by atoms with Crippen molar-refractivity contribution in [3.63, 3.8) is 0 Å². The zero-order chi connectivity index (χ0) is 56.6. The molecule has 25 nitrogen and oxygen atoms in total. The van der Waals surface area contributed by atoms with E-state index in [1.165, 1.54) is 32.1 Å². The van der Waals surface area contributed by atoms with Crippen molar-refractivity contribution in [1.29, 1.82) is 0 Å². The number of aliphatic hydroxyl groups excluding tert-OH is 1. The third kappa shape index (κ3) is 43.8. The molecular formula is C49H90N7O18PS. The number of amides is 6. The molecule has 0 aliphatic carbocycles. The molecule has 0 aliphatic rings. The van der Waals surface area contributed by atoms with Crippen LogP contribution in [0.4, 0.5) is 0 Å². The molecule has 0 spiro atoms. The zero-order valence-corrected chi connectivity index (χ0v) is 46.3. The second kappa shape index (κ2) is 49.1. The van der Waals surface area contributed by atoms with Crippen molar-refractivity contribution in [2.75, 3.05) is 78.2 Å². The number of aliphatic hydroxyl groups is 2. The van der Waals surface area contributed by atoms with Gasteiger partial charge in [-0.1, -0.05) is 86.4 Å². The Morgan fingerprint density at radius 1 is 0.408 bits per heavy atom. The summed E-state index contributed by atoms with van der Waals surface area (Å²) in [6.07, 6.45) is 13.8. The number of nitrogens with one attached hydrogen (secondary N) is 7. The van der Waals surface area contributed by atoms with Gasteiger partial charge in [0.05, 0.1) is 45.7 Å². The molecule has 0 bridgehead atoms. The van der Waals surface area contributed by atoms with Gasteiger partial charge < -0.3 is 76.4 Å². The molecule has 0 aromatic carbocycles. The smallest absolute Gasteiger partial charge is 0.326 e. The van der Waals surface area contributed by atoms with Crippen LogP contribution in [0.2, 0.25) is 0 Å². The molecule has 0 aromatic rings. The van der Waals surface area contributed by atoms with E-state index in [9.17, 15) is 63.6 Å². The average molecular weight is 1130 g/mol. The number of carbonyl (C=O) groups is 9. The number of carboxylic acids is 3. The van der Waals surface area contributed by atoms with E-state index in [2.05, 4.69) is 59.0 Å². The molecular weight excluding hydrogens is 1040 g/mol. The van der Waals surface area contributed by atoms with Gasteiger partial charge in [0.15, 0.2) is 6.29 Å². The lowest BCUT2D eigenvalue weighted by Crippen LogP contribution is -2.54. The van der Waals surface area contributed by atoms with Crippen LogP contribution in [0.1, 0.15) is 148 Å². The highest BCUT2D eigenvalue weighted by Gasteiger charge is 2.29. The summed E-state index contributed by atoms with van der Waals surface area (Å²) in [7, 11) is 2.16. The second-order valence-electron chi connectivity index (χ2n) is 18.1. The van der Waals surface area contributed by atoms with Crippen LogP contribution >= 0.6 is 22.0 Å². The highest BCUT2D eigenvalue weighted by atomic mass is 32.1. The summed E-state index contributed by atoms with van der Waals surface area (Å²) >= 11 is 4.06. The monoisotopic (exact) mass is 1130 g/mol. The van der Waals surface area contributed by atoms with Crippen molar-refractivity contribution in [3.05, 3.63) is 0 Å². The van der Waals surface area contributed by atoms with Crippen molar-refractivity contribution >= 4 is 75.4 Å². The van der Waals surface area contributed by atoms with Crippen LogP contribution in [0, 0.1) is 0 Å². The summed E-state index contributed by atoms with van der Waals surface area (Å²) in [6, 6.07) is -4.47. The van der Waals surface area contributed by atoms with E-state index in [-0.39, 0.29) is 141 Å². The van der Waals surface area contributed by atoms with Gasteiger partial charge in [0.25, 0.3) is 0 Å². The predicted octanol–water partition coefficient (Wildman–Crippen LogP) is 1.07. The maximum Gasteiger partial charge on any atom is 0.326 e. The van der Waals surface area contributed by atoms with Gasteiger partial charge in [-0.3, -0.25) is 38.6 Å². The van der Waals surface area contributed by atoms with E-state index in [4.69, 9.17) is 24.1 Å². The van der Waals surface area contributed by atoms with Crippen LogP contribution in [0.3, 0.4) is 0 Å². The molecule has 3 unspecified atom stereocenters. The number of rotatable bonds is 53. The van der Waals surface area contributed by atoms with E-state index in [0.717, 1.165) is 51.4 Å². The van der Waals surface area contributed by atoms with E-state index < -0.39 is 66.1 Å². The van der Waals surface area contributed by atoms with Crippen LogP contribution in [-0.2, 0) is 62.1 Å². The first-order valence-electron chi connectivity index (χ1n) is 26.6. The van der Waals surface area contributed by atoms with Gasteiger partial charge in [-0.15, -0.1) is 0 Å². The van der Waals surface area contributed by atoms with Crippen LogP contribution < -0.4 is 37.0 Å². The number of carboxylic acid groups (broad SMARTS) is 3. The van der Waals surface area contributed by atoms with Crippen LogP contribution in [0.25, 0.3) is 0 Å². The minimum absolute atomic E-state index is 0.0234. The highest BCUT2D eigenvalue weighted by molar-refractivity contribution is 7.80. The molecule has 0 fully saturated rings. The highest BCUT2D eigenvalue weighted by Crippen LogP contribution is 2.14. The first-order chi connectivity index (χ1) is 36.5. The van der Waals surface area contributed by atoms with E-state index in [1.807, 2.05) is 0 Å². The standard InChI is InChI=1S/C49H90N7O18PS/c57-40(22-20-38(49(69)70)53-41(58)18-13-11-9-7-5-3-1-2-4-6-8-10-12-14-19-44(61)62)51-25-27-71-29-32-74-34-43(60)52-26-28-72-30-31-73-33-42(59)50-24-16-15-17-37(48(67)68)55-46(65)36(21-23-45(63)64)54-47(66)39(35-76)56-75/h36-39,45,56,63-64,76H,1-35,75H2,(H,50,59)(H,51,57)(H,52,60)(H,53,58)(H,54,66)(H,55,65)(H,61,62)(H,67,68)(H,69,70)/t36-,37?,38-,39?/m0/s1. The topological polar surface area (TPSA) is 376 Å². The summed E-state index contributed by atoms with van der Waals surface area (Å²) < 4.78 is 21.3. The molecule has 0 rings (SSSR count). The Hall–Kier alpha value is -4.27. The molecule has 0 saturated heterocycles. The molecule has 6 amide bonds. The Morgan fingerprint density at radius 2 is 0.842 bits per heavy atom. The molecule has 440 valence electrons. The number of hydrogen-bond acceptors (Lipinski definition) is 17. The summed E-state index contributed by atoms with van der Waals surface area (Å²) in [6.45, 7) is 1.02. The molecule has 0 heterocycles. The largest absolute Gasteiger partial charge is 0.481 e. The fraction of sp³-hybridized carbons (Fsp3) is 0.816. The summed E-state index contributed by atoms with van der Waals surface area (Å²) in [4.78, 5) is 108. The SMILES string of the molecule is O=C(O)CCCCCCCCCCCCCCCCC(=O)N[C@@H](CCC(=O)NCCOCCOCC(=O)NCCOCCOCC(=O)NCCCCC(NC(=O)[C@H](CCC(O)O)NC(=O)C(CS)NP)C(=O)O)C(=O)O. The van der Waals surface area contributed by atoms with Gasteiger partial charge >= 0.3 is 17.9 Å². The van der Waals surface area contributed by atoms with Crippen molar-refractivity contribution in [2.45, 2.75) is 178 Å². The van der Waals surface area contributed by atoms with Crippen molar-refractivity contribution < 1.29 is 87.6 Å². The molecule has 0 radical (unpaired) electrons. The maximum atomic E-state index is 12.9. The molecule has 0 saturated carbocycles. The third-order valence-electron chi connectivity index (χ3n) is 11.6. The minimum atomic E-state index is -1.74. The molecule has 76 heavy (non-hydrogen) atoms. The van der Waals surface area contributed by atoms with Gasteiger partial charge in [-0.05, 0) is 44.9 Å². The third-order valence-corrected chi connectivity index (χ3v) is 12.4. The van der Waals surface area contributed by atoms with Crippen LogP contribution in [0.5, 0.6) is 0 Å². The van der Waals surface area contributed by atoms with E-state index >= 15 is 0 Å². The van der Waals surface area contributed by atoms with Crippen molar-refractivity contribution in [1.82, 2.24) is 37.0 Å². The quantitative estimate of drug-likeness (QED) is 0.0175. The number of carbonyl (C=O) groups excluding carboxylic acids is 6. The molecule has 0 aromatic heterocycles. The maximum absolute atomic E-state index is 12.9. The fourth-order valence-corrected chi connectivity index (χ4v) is 8.01. The Morgan fingerprint density at radius 3 is 1.32 bits per heavy atom. The first kappa shape index (κ1) is 71.7. The summed E-state index contributed by atoms with van der Waals surface area (Å²) in [5.74, 6) is -6.03. The van der Waals surface area contributed by atoms with Gasteiger partial charge in [-0.2, -0.15) is 12.6 Å². The fourth-order valence-electron chi connectivity index (χ4n) is 7.27. The van der Waals surface area contributed by atoms with Crippen molar-refractivity contribution in [2.24, 2.45) is 0 Å². The van der Waals surface area contributed by atoms with Crippen molar-refractivity contribution in [3.8, 4) is 0 Å². The van der Waals surface area contributed by atoms with E-state index in [1.54, 1.807) is 0 Å². The Labute approximate surface area is 455 Å². The van der Waals surface area contributed by atoms with E-state index in [0.29, 0.717) is 19.3 Å². The lowest BCUT2D eigenvalue weighted by atomic mass is 10.0. The van der Waals surface area contributed by atoms with Gasteiger partial charge in [0, 0.05) is 51.1 Å². The van der Waals surface area contributed by atoms with Gasteiger partial charge in [-0.25, -0.2) is 9.59 Å². The number of thiol groups is 1. The normalized spacial score (nSPS) is 12.8. The Bertz CT molecular complexity index is 1640. The lowest BCUT2D eigenvalue weighted by Gasteiger charge is -2.23. The molecule has 5 atom stereocenters. The number of hydrogen-bond donors (Lipinski definition) is 13. The Kier molecular flexibility index (Phi) is 46.3. The molecule has 27 heteroatoms. The van der Waals surface area contributed by atoms with Crippen LogP contribution in [-0.4, -0.2) is 188 Å². The predicted molar refractivity (Wildman–Crippen MR) is 286 cm³/mol. The minimum Gasteiger partial charge on any atom is -0.481 e. The van der Waals surface area contributed by atoms with Crippen LogP contribution in [0.15, 0.2) is 0 Å².